The number of nitrogens with zero attached hydrogens (tertiary/aromatic N) is 5. The zero-order chi connectivity index (χ0) is 26.7. The second-order valence-electron chi connectivity index (χ2n) is 9.63. The van der Waals surface area contributed by atoms with Crippen molar-refractivity contribution < 1.29 is 14.2 Å². The Morgan fingerprint density at radius 3 is 2.49 bits per heavy atom. The van der Waals surface area contributed by atoms with E-state index in [-0.39, 0.29) is 6.10 Å². The average molecular weight is 566 g/mol. The second-order valence-corrected chi connectivity index (χ2v) is 10.5. The van der Waals surface area contributed by atoms with Crippen molar-refractivity contribution in [2.75, 3.05) is 49.2 Å². The summed E-state index contributed by atoms with van der Waals surface area (Å²) in [5, 5.41) is 1.04. The van der Waals surface area contributed by atoms with E-state index in [1.54, 1.807) is 24.7 Å². The number of imidazole rings is 1. The van der Waals surface area contributed by atoms with E-state index in [4.69, 9.17) is 37.4 Å². The highest BCUT2D eigenvalue weighted by molar-refractivity contribution is 6.35. The van der Waals surface area contributed by atoms with Crippen molar-refractivity contribution in [3.05, 3.63) is 101 Å². The van der Waals surface area contributed by atoms with E-state index in [0.29, 0.717) is 29.8 Å². The maximum Gasteiger partial charge on any atom is 0.215 e. The van der Waals surface area contributed by atoms with Crippen molar-refractivity contribution in [1.82, 2.24) is 14.5 Å². The molecule has 2 aromatic carbocycles. The molecule has 0 N–H and O–H groups in total. The Morgan fingerprint density at radius 2 is 1.77 bits per heavy atom. The maximum absolute atomic E-state index is 6.57. The van der Waals surface area contributed by atoms with E-state index in [2.05, 4.69) is 38.0 Å². The number of hydrogen-bond acceptors (Lipinski definition) is 7. The van der Waals surface area contributed by atoms with Crippen LogP contribution in [-0.4, -0.2) is 60.0 Å². The summed E-state index contributed by atoms with van der Waals surface area (Å²) in [5.41, 5.74) is 1.90. The average Bonchev–Trinajstić information content (AvgIpc) is 3.63. The second kappa shape index (κ2) is 11.4. The predicted octanol–water partition coefficient (Wildman–Crippen LogP) is 5.26. The fourth-order valence-corrected chi connectivity index (χ4v) is 5.60. The number of anilines is 2. The Balaban J connectivity index is 1.06. The topological polar surface area (TPSA) is 64.9 Å². The van der Waals surface area contributed by atoms with Crippen LogP contribution in [0, 0.1) is 0 Å². The van der Waals surface area contributed by atoms with Crippen LogP contribution in [0.25, 0.3) is 0 Å². The van der Waals surface area contributed by atoms with Gasteiger partial charge in [-0.1, -0.05) is 35.3 Å². The highest BCUT2D eigenvalue weighted by Gasteiger charge is 2.45. The minimum atomic E-state index is -1.07. The van der Waals surface area contributed by atoms with Gasteiger partial charge in [-0.15, -0.1) is 0 Å². The van der Waals surface area contributed by atoms with Gasteiger partial charge in [0.15, 0.2) is 0 Å². The first-order valence-electron chi connectivity index (χ1n) is 12.9. The molecule has 10 heteroatoms. The summed E-state index contributed by atoms with van der Waals surface area (Å²) in [6.07, 6.45) is 6.87. The molecule has 8 nitrogen and oxygen atoms in total. The SMILES string of the molecule is Clc1ccc([C@]2(Cn3ccnc3)OC[C@@H](COc3ccc(N4CCN(c5ccccn5)CC4)cc3)O2)c(Cl)c1. The fraction of sp³-hybridized carbons (Fsp3) is 0.310. The first-order chi connectivity index (χ1) is 19.1. The van der Waals surface area contributed by atoms with E-state index < -0.39 is 5.79 Å². The molecule has 2 aromatic heterocycles. The smallest absolute Gasteiger partial charge is 0.215 e. The summed E-state index contributed by atoms with van der Waals surface area (Å²) < 4.78 is 20.8. The van der Waals surface area contributed by atoms with E-state index in [1.165, 1.54) is 5.69 Å². The zero-order valence-corrected chi connectivity index (χ0v) is 22.8. The first-order valence-corrected chi connectivity index (χ1v) is 13.7. The lowest BCUT2D eigenvalue weighted by Crippen LogP contribution is -2.46. The van der Waals surface area contributed by atoms with Gasteiger partial charge in [-0.3, -0.25) is 0 Å². The molecule has 4 aromatic rings. The Hall–Kier alpha value is -3.30. The molecule has 2 saturated heterocycles. The molecule has 39 heavy (non-hydrogen) atoms. The zero-order valence-electron chi connectivity index (χ0n) is 21.3. The van der Waals surface area contributed by atoms with Crippen molar-refractivity contribution in [3.63, 3.8) is 0 Å². The molecule has 4 heterocycles. The van der Waals surface area contributed by atoms with Gasteiger partial charge in [0, 0.05) is 61.0 Å². The Bertz CT molecular complexity index is 1370. The molecule has 0 amide bonds. The van der Waals surface area contributed by atoms with E-state index >= 15 is 0 Å². The van der Waals surface area contributed by atoms with Crippen molar-refractivity contribution in [3.8, 4) is 5.75 Å². The lowest BCUT2D eigenvalue weighted by Gasteiger charge is -2.36. The minimum absolute atomic E-state index is 0.278. The van der Waals surface area contributed by atoms with Crippen LogP contribution in [0.3, 0.4) is 0 Å². The van der Waals surface area contributed by atoms with E-state index in [9.17, 15) is 0 Å². The molecule has 2 aliphatic rings. The predicted molar refractivity (Wildman–Crippen MR) is 152 cm³/mol. The number of aromatic nitrogens is 3. The summed E-state index contributed by atoms with van der Waals surface area (Å²) in [5.74, 6) is 0.745. The van der Waals surface area contributed by atoms with Crippen LogP contribution in [0.5, 0.6) is 5.75 Å². The number of halogens is 2. The number of pyridine rings is 1. The molecule has 6 rings (SSSR count). The minimum Gasteiger partial charge on any atom is -0.491 e. The van der Waals surface area contributed by atoms with Crippen LogP contribution < -0.4 is 14.5 Å². The normalized spacial score (nSPS) is 21.3. The third-order valence-corrected chi connectivity index (χ3v) is 7.59. The molecule has 2 aliphatic heterocycles. The maximum atomic E-state index is 6.57. The highest BCUT2D eigenvalue weighted by atomic mass is 35.5. The molecule has 0 unspecified atom stereocenters. The third-order valence-electron chi connectivity index (χ3n) is 7.04. The lowest BCUT2D eigenvalue weighted by atomic mass is 10.1. The molecule has 0 saturated carbocycles. The Labute approximate surface area is 237 Å². The molecule has 202 valence electrons. The lowest BCUT2D eigenvalue weighted by molar-refractivity contribution is -0.189. The fourth-order valence-electron chi connectivity index (χ4n) is 5.05. The van der Waals surface area contributed by atoms with Crippen LogP contribution in [0.15, 0.2) is 85.6 Å². The van der Waals surface area contributed by atoms with Crippen molar-refractivity contribution in [2.24, 2.45) is 0 Å². The summed E-state index contributed by atoms with van der Waals surface area (Å²) >= 11 is 12.7. The van der Waals surface area contributed by atoms with Gasteiger partial charge in [0.1, 0.15) is 24.3 Å². The van der Waals surface area contributed by atoms with Gasteiger partial charge in [-0.2, -0.15) is 0 Å². The molecule has 2 fully saturated rings. The van der Waals surface area contributed by atoms with Crippen molar-refractivity contribution in [1.29, 1.82) is 0 Å². The molecular formula is C29H29Cl2N5O3. The van der Waals surface area contributed by atoms with Crippen LogP contribution in [-0.2, 0) is 21.8 Å². The van der Waals surface area contributed by atoms with Gasteiger partial charge < -0.3 is 28.6 Å². The number of rotatable bonds is 8. The molecule has 2 atom stereocenters. The van der Waals surface area contributed by atoms with E-state index in [0.717, 1.165) is 43.3 Å². The Kier molecular flexibility index (Phi) is 7.61. The van der Waals surface area contributed by atoms with Crippen LogP contribution >= 0.6 is 23.2 Å². The number of ether oxygens (including phenoxy) is 3. The van der Waals surface area contributed by atoms with Gasteiger partial charge in [-0.25, -0.2) is 9.97 Å². The molecule has 0 bridgehead atoms. The van der Waals surface area contributed by atoms with Gasteiger partial charge in [0.25, 0.3) is 0 Å². The quantitative estimate of drug-likeness (QED) is 0.288. The molecule has 0 spiro atoms. The number of hydrogen-bond donors (Lipinski definition) is 0. The first kappa shape index (κ1) is 26.0. The van der Waals surface area contributed by atoms with Crippen LogP contribution in [0.1, 0.15) is 5.56 Å². The van der Waals surface area contributed by atoms with Gasteiger partial charge >= 0.3 is 0 Å². The van der Waals surface area contributed by atoms with Crippen molar-refractivity contribution in [2.45, 2.75) is 18.4 Å². The Morgan fingerprint density at radius 1 is 0.949 bits per heavy atom. The number of benzene rings is 2. The largest absolute Gasteiger partial charge is 0.491 e. The monoisotopic (exact) mass is 565 g/mol. The highest BCUT2D eigenvalue weighted by Crippen LogP contribution is 2.40. The van der Waals surface area contributed by atoms with Crippen LogP contribution in [0.2, 0.25) is 10.0 Å². The van der Waals surface area contributed by atoms with Gasteiger partial charge in [-0.05, 0) is 48.5 Å². The van der Waals surface area contributed by atoms with Crippen molar-refractivity contribution >= 4 is 34.7 Å². The summed E-state index contributed by atoms with van der Waals surface area (Å²) in [4.78, 5) is 13.3. The van der Waals surface area contributed by atoms with Gasteiger partial charge in [0.05, 0.1) is 24.5 Å². The summed E-state index contributed by atoms with van der Waals surface area (Å²) in [6, 6.07) is 19.6. The number of piperazine rings is 1. The molecule has 0 radical (unpaired) electrons. The standard InChI is InChI=1S/C29H29Cl2N5O3/c30-22-4-9-26(27(31)17-22)29(20-34-12-11-32-21-34)38-19-25(39-29)18-37-24-7-5-23(6-8-24)35-13-15-36(16-14-35)28-3-1-2-10-33-28/h1-12,17,21,25H,13-16,18-20H2/t25-,29-/m1/s1. The van der Waals surface area contributed by atoms with Crippen LogP contribution in [0.4, 0.5) is 11.5 Å². The summed E-state index contributed by atoms with van der Waals surface area (Å²) in [6.45, 7) is 4.87. The molecule has 0 aliphatic carbocycles. The van der Waals surface area contributed by atoms with Gasteiger partial charge in [0.2, 0.25) is 5.79 Å². The molecular weight excluding hydrogens is 537 g/mol. The third kappa shape index (κ3) is 5.84. The van der Waals surface area contributed by atoms with E-state index in [1.807, 2.05) is 47.3 Å². The summed E-state index contributed by atoms with van der Waals surface area (Å²) in [7, 11) is 0.